The number of hydrogen-bond acceptors (Lipinski definition) is 5. The van der Waals surface area contributed by atoms with Gasteiger partial charge in [0.2, 0.25) is 5.91 Å². The number of benzene rings is 3. The molecule has 0 aliphatic heterocycles. The molecule has 10 heteroatoms. The van der Waals surface area contributed by atoms with Gasteiger partial charge in [0.1, 0.15) is 12.3 Å². The molecule has 0 unspecified atom stereocenters. The number of ether oxygens (including phenoxy) is 1. The average molecular weight is 554 g/mol. The van der Waals surface area contributed by atoms with Gasteiger partial charge in [0.05, 0.1) is 22.7 Å². The highest BCUT2D eigenvalue weighted by Crippen LogP contribution is 2.32. The van der Waals surface area contributed by atoms with Crippen molar-refractivity contribution in [2.24, 2.45) is 0 Å². The highest BCUT2D eigenvalue weighted by atomic mass is 35.5. The van der Waals surface area contributed by atoms with Gasteiger partial charge < -0.3 is 10.1 Å². The van der Waals surface area contributed by atoms with Gasteiger partial charge in [0, 0.05) is 16.5 Å². The standard InChI is InChI=1S/C25H26Cl2N2O4S2/c1-18-4-11-22(12-5-18)35(31,32)29(20-8-13-24(33-2)23(27)16-20)17-25(30)28-14-3-15-34-21-9-6-19(26)7-10-21/h4-13,16H,3,14-15,17H2,1-2H3,(H,28,30). The first-order valence-corrected chi connectivity index (χ1v) is 14.0. The van der Waals surface area contributed by atoms with Crippen molar-refractivity contribution in [3.05, 3.63) is 82.3 Å². The zero-order chi connectivity index (χ0) is 25.4. The Hall–Kier alpha value is -2.39. The molecule has 1 amide bonds. The molecule has 0 aliphatic rings. The van der Waals surface area contributed by atoms with Crippen LogP contribution in [0.1, 0.15) is 12.0 Å². The van der Waals surface area contributed by atoms with Crippen molar-refractivity contribution in [1.29, 1.82) is 0 Å². The number of carbonyl (C=O) groups excluding carboxylic acids is 1. The Balaban J connectivity index is 1.69. The van der Waals surface area contributed by atoms with E-state index in [1.807, 2.05) is 31.2 Å². The van der Waals surface area contributed by atoms with Gasteiger partial charge in [-0.15, -0.1) is 11.8 Å². The molecule has 35 heavy (non-hydrogen) atoms. The summed E-state index contributed by atoms with van der Waals surface area (Å²) in [7, 11) is -2.55. The minimum atomic E-state index is -4.02. The van der Waals surface area contributed by atoms with Crippen LogP contribution < -0.4 is 14.4 Å². The first-order chi connectivity index (χ1) is 16.7. The summed E-state index contributed by atoms with van der Waals surface area (Å²) >= 11 is 13.8. The second-order valence-corrected chi connectivity index (χ2v) is 11.5. The van der Waals surface area contributed by atoms with Crippen molar-refractivity contribution >= 4 is 56.6 Å². The van der Waals surface area contributed by atoms with Gasteiger partial charge in [0.25, 0.3) is 10.0 Å². The number of halogens is 2. The highest BCUT2D eigenvalue weighted by molar-refractivity contribution is 7.99. The summed E-state index contributed by atoms with van der Waals surface area (Å²) in [5.74, 6) is 0.788. The maximum Gasteiger partial charge on any atom is 0.264 e. The van der Waals surface area contributed by atoms with Crippen LogP contribution >= 0.6 is 35.0 Å². The molecular weight excluding hydrogens is 527 g/mol. The maximum absolute atomic E-state index is 13.5. The number of sulfonamides is 1. The molecule has 3 aromatic carbocycles. The van der Waals surface area contributed by atoms with Crippen molar-refractivity contribution in [1.82, 2.24) is 5.32 Å². The summed E-state index contributed by atoms with van der Waals surface area (Å²) in [6.07, 6.45) is 0.720. The number of hydrogen-bond donors (Lipinski definition) is 1. The van der Waals surface area contributed by atoms with E-state index < -0.39 is 15.9 Å². The fraction of sp³-hybridized carbons (Fsp3) is 0.240. The second-order valence-electron chi connectivity index (χ2n) is 7.65. The van der Waals surface area contributed by atoms with Gasteiger partial charge in [-0.2, -0.15) is 0 Å². The number of thioether (sulfide) groups is 1. The molecule has 6 nitrogen and oxygen atoms in total. The van der Waals surface area contributed by atoms with Gasteiger partial charge in [-0.05, 0) is 73.7 Å². The second kappa shape index (κ2) is 12.5. The summed E-state index contributed by atoms with van der Waals surface area (Å²) < 4.78 is 33.1. The van der Waals surface area contributed by atoms with Crippen LogP contribution in [0.4, 0.5) is 5.69 Å². The molecule has 0 radical (unpaired) electrons. The number of anilines is 1. The van der Waals surface area contributed by atoms with E-state index in [0.29, 0.717) is 17.3 Å². The Kier molecular flexibility index (Phi) is 9.74. The zero-order valence-electron chi connectivity index (χ0n) is 19.3. The minimum Gasteiger partial charge on any atom is -0.495 e. The van der Waals surface area contributed by atoms with E-state index in [4.69, 9.17) is 27.9 Å². The third kappa shape index (κ3) is 7.54. The molecule has 186 valence electrons. The summed E-state index contributed by atoms with van der Waals surface area (Å²) in [5, 5.41) is 3.74. The summed E-state index contributed by atoms with van der Waals surface area (Å²) in [4.78, 5) is 13.9. The van der Waals surface area contributed by atoms with Gasteiger partial charge in [0.15, 0.2) is 0 Å². The highest BCUT2D eigenvalue weighted by Gasteiger charge is 2.27. The molecule has 0 fully saturated rings. The zero-order valence-corrected chi connectivity index (χ0v) is 22.5. The number of rotatable bonds is 11. The van der Waals surface area contributed by atoms with Gasteiger partial charge in [-0.25, -0.2) is 8.42 Å². The fourth-order valence-corrected chi connectivity index (χ4v) is 5.81. The number of methoxy groups -OCH3 is 1. The average Bonchev–Trinajstić information content (AvgIpc) is 2.83. The van der Waals surface area contributed by atoms with Gasteiger partial charge in [-0.1, -0.05) is 40.9 Å². The largest absolute Gasteiger partial charge is 0.495 e. The van der Waals surface area contributed by atoms with Crippen molar-refractivity contribution in [3.63, 3.8) is 0 Å². The summed E-state index contributed by atoms with van der Waals surface area (Å²) in [5.41, 5.74) is 1.20. The fourth-order valence-electron chi connectivity index (χ4n) is 3.17. The third-order valence-electron chi connectivity index (χ3n) is 5.05. The summed E-state index contributed by atoms with van der Waals surface area (Å²) in [6, 6.07) is 18.6. The first-order valence-electron chi connectivity index (χ1n) is 10.8. The Bertz CT molecular complexity index is 1250. The van der Waals surface area contributed by atoms with E-state index in [9.17, 15) is 13.2 Å². The van der Waals surface area contributed by atoms with Crippen molar-refractivity contribution in [3.8, 4) is 5.75 Å². The summed E-state index contributed by atoms with van der Waals surface area (Å²) in [6.45, 7) is 1.90. The number of carbonyl (C=O) groups is 1. The van der Waals surface area contributed by atoms with E-state index in [1.54, 1.807) is 36.0 Å². The van der Waals surface area contributed by atoms with Gasteiger partial charge >= 0.3 is 0 Å². The van der Waals surface area contributed by atoms with E-state index >= 15 is 0 Å². The molecule has 0 bridgehead atoms. The molecule has 0 aromatic heterocycles. The Labute approximate surface area is 220 Å². The van der Waals surface area contributed by atoms with Crippen LogP contribution in [-0.4, -0.2) is 40.3 Å². The molecule has 0 heterocycles. The lowest BCUT2D eigenvalue weighted by Gasteiger charge is -2.24. The molecule has 0 aliphatic carbocycles. The Morgan fingerprint density at radius 2 is 1.71 bits per heavy atom. The number of nitrogens with zero attached hydrogens (tertiary/aromatic N) is 1. The topological polar surface area (TPSA) is 75.7 Å². The SMILES string of the molecule is COc1ccc(N(CC(=O)NCCCSc2ccc(Cl)cc2)S(=O)(=O)c2ccc(C)cc2)cc1Cl. The molecule has 0 spiro atoms. The lowest BCUT2D eigenvalue weighted by atomic mass is 10.2. The van der Waals surface area contributed by atoms with Crippen molar-refractivity contribution < 1.29 is 17.9 Å². The minimum absolute atomic E-state index is 0.0854. The van der Waals surface area contributed by atoms with Crippen molar-refractivity contribution in [2.45, 2.75) is 23.1 Å². The van der Waals surface area contributed by atoms with Gasteiger partial charge in [-0.3, -0.25) is 9.10 Å². The van der Waals surface area contributed by atoms with Crippen LogP contribution in [0.3, 0.4) is 0 Å². The van der Waals surface area contributed by atoms with Crippen LogP contribution in [0.2, 0.25) is 10.0 Å². The predicted molar refractivity (Wildman–Crippen MR) is 144 cm³/mol. The molecule has 0 saturated heterocycles. The van der Waals surface area contributed by atoms with Crippen LogP contribution in [0.25, 0.3) is 0 Å². The number of nitrogens with one attached hydrogen (secondary N) is 1. The quantitative estimate of drug-likeness (QED) is 0.240. The molecule has 1 N–H and O–H groups in total. The Morgan fingerprint density at radius 3 is 2.34 bits per heavy atom. The third-order valence-corrected chi connectivity index (χ3v) is 8.48. The smallest absolute Gasteiger partial charge is 0.264 e. The van der Waals surface area contributed by atoms with E-state index in [1.165, 1.54) is 25.3 Å². The normalized spacial score (nSPS) is 11.2. The molecule has 0 atom stereocenters. The lowest BCUT2D eigenvalue weighted by Crippen LogP contribution is -2.41. The monoisotopic (exact) mass is 552 g/mol. The lowest BCUT2D eigenvalue weighted by molar-refractivity contribution is -0.119. The van der Waals surface area contributed by atoms with E-state index in [2.05, 4.69) is 5.32 Å². The van der Waals surface area contributed by atoms with Crippen LogP contribution in [0.5, 0.6) is 5.75 Å². The van der Waals surface area contributed by atoms with Crippen LogP contribution in [0.15, 0.2) is 76.5 Å². The number of amides is 1. The molecule has 3 aromatic rings. The Morgan fingerprint density at radius 1 is 1.03 bits per heavy atom. The van der Waals surface area contributed by atoms with Crippen LogP contribution in [0, 0.1) is 6.92 Å². The van der Waals surface area contributed by atoms with E-state index in [0.717, 1.165) is 26.9 Å². The van der Waals surface area contributed by atoms with E-state index in [-0.39, 0.29) is 22.2 Å². The van der Waals surface area contributed by atoms with Crippen LogP contribution in [-0.2, 0) is 14.8 Å². The predicted octanol–water partition coefficient (Wildman–Crippen LogP) is 5.80. The number of aryl methyl sites for hydroxylation is 1. The molecule has 3 rings (SSSR count). The molecule has 0 saturated carbocycles. The molecular formula is C25H26Cl2N2O4S2. The first kappa shape index (κ1) is 27.2. The van der Waals surface area contributed by atoms with Crippen molar-refractivity contribution in [2.75, 3.05) is 30.3 Å². The maximum atomic E-state index is 13.5.